The summed E-state index contributed by atoms with van der Waals surface area (Å²) in [5.74, 6) is -0.441. The number of aryl methyl sites for hydroxylation is 2. The molecule has 0 spiro atoms. The maximum Gasteiger partial charge on any atom is 0.241 e. The van der Waals surface area contributed by atoms with Crippen LogP contribution in [0.15, 0.2) is 40.0 Å². The third kappa shape index (κ3) is 3.02. The van der Waals surface area contributed by atoms with E-state index in [0.717, 1.165) is 5.56 Å². The molecule has 4 nitrogen and oxygen atoms in total. The Kier molecular flexibility index (Phi) is 3.73. The van der Waals surface area contributed by atoms with Gasteiger partial charge in [-0.2, -0.15) is 0 Å². The number of furan rings is 1. The van der Waals surface area contributed by atoms with Gasteiger partial charge in [-0.3, -0.25) is 0 Å². The Morgan fingerprint density at radius 3 is 2.42 bits per heavy atom. The van der Waals surface area contributed by atoms with E-state index in [1.807, 2.05) is 0 Å². The van der Waals surface area contributed by atoms with E-state index in [0.29, 0.717) is 11.1 Å². The van der Waals surface area contributed by atoms with Crippen molar-refractivity contribution < 1.29 is 17.2 Å². The Morgan fingerprint density at radius 1 is 1.26 bits per heavy atom. The Balaban J connectivity index is 2.29. The molecule has 102 valence electrons. The quantitative estimate of drug-likeness (QED) is 0.938. The van der Waals surface area contributed by atoms with Crippen LogP contribution < -0.4 is 4.72 Å². The monoisotopic (exact) mass is 283 g/mol. The molecule has 0 fully saturated rings. The lowest BCUT2D eigenvalue weighted by Crippen LogP contribution is -2.24. The SMILES string of the molecule is Cc1cc(F)cc(C)c1S(=O)(=O)NCc1ccoc1. The van der Waals surface area contributed by atoms with E-state index in [9.17, 15) is 12.8 Å². The maximum absolute atomic E-state index is 13.2. The van der Waals surface area contributed by atoms with Gasteiger partial charge in [0.25, 0.3) is 0 Å². The van der Waals surface area contributed by atoms with Crippen LogP contribution in [0.3, 0.4) is 0 Å². The van der Waals surface area contributed by atoms with Crippen LogP contribution in [0.4, 0.5) is 4.39 Å². The van der Waals surface area contributed by atoms with Crippen LogP contribution in [0, 0.1) is 19.7 Å². The van der Waals surface area contributed by atoms with Crippen LogP contribution in [0.25, 0.3) is 0 Å². The zero-order chi connectivity index (χ0) is 14.0. The minimum absolute atomic E-state index is 0.123. The van der Waals surface area contributed by atoms with Gasteiger partial charge in [-0.1, -0.05) is 0 Å². The number of benzene rings is 1. The largest absolute Gasteiger partial charge is 0.472 e. The lowest BCUT2D eigenvalue weighted by Gasteiger charge is -2.11. The molecule has 0 atom stereocenters. The van der Waals surface area contributed by atoms with Crippen LogP contribution >= 0.6 is 0 Å². The van der Waals surface area contributed by atoms with E-state index >= 15 is 0 Å². The van der Waals surface area contributed by atoms with Crippen molar-refractivity contribution in [2.75, 3.05) is 0 Å². The first-order valence-corrected chi connectivity index (χ1v) is 7.16. The smallest absolute Gasteiger partial charge is 0.241 e. The second kappa shape index (κ2) is 5.14. The van der Waals surface area contributed by atoms with Crippen molar-refractivity contribution in [3.63, 3.8) is 0 Å². The van der Waals surface area contributed by atoms with Gasteiger partial charge in [-0.25, -0.2) is 17.5 Å². The second-order valence-electron chi connectivity index (χ2n) is 4.32. The van der Waals surface area contributed by atoms with Gasteiger partial charge in [-0.15, -0.1) is 0 Å². The molecule has 2 rings (SSSR count). The summed E-state index contributed by atoms with van der Waals surface area (Å²) in [4.78, 5) is 0.123. The van der Waals surface area contributed by atoms with Gasteiger partial charge < -0.3 is 4.42 Å². The molecule has 1 aromatic heterocycles. The molecule has 1 N–H and O–H groups in total. The Morgan fingerprint density at radius 2 is 1.89 bits per heavy atom. The Labute approximate surface area is 111 Å². The van der Waals surface area contributed by atoms with Crippen molar-refractivity contribution in [2.45, 2.75) is 25.3 Å². The molecule has 0 bridgehead atoms. The number of hydrogen-bond donors (Lipinski definition) is 1. The number of rotatable bonds is 4. The summed E-state index contributed by atoms with van der Waals surface area (Å²) in [6.07, 6.45) is 2.94. The first kappa shape index (κ1) is 13.8. The van der Waals surface area contributed by atoms with Crippen LogP contribution in [0.5, 0.6) is 0 Å². The van der Waals surface area contributed by atoms with Crippen LogP contribution in [0.1, 0.15) is 16.7 Å². The van der Waals surface area contributed by atoms with Gasteiger partial charge in [0.05, 0.1) is 17.4 Å². The molecule has 0 aliphatic rings. The summed E-state index contributed by atoms with van der Waals surface area (Å²) >= 11 is 0. The summed E-state index contributed by atoms with van der Waals surface area (Å²) in [6, 6.07) is 4.09. The van der Waals surface area contributed by atoms with Gasteiger partial charge in [0.1, 0.15) is 5.82 Å². The molecule has 1 heterocycles. The highest BCUT2D eigenvalue weighted by molar-refractivity contribution is 7.89. The normalized spacial score (nSPS) is 11.7. The number of halogens is 1. The molecule has 19 heavy (non-hydrogen) atoms. The molecule has 0 aliphatic carbocycles. The Bertz CT molecular complexity index is 655. The average molecular weight is 283 g/mol. The minimum atomic E-state index is -3.67. The van der Waals surface area contributed by atoms with Crippen molar-refractivity contribution in [1.82, 2.24) is 4.72 Å². The van der Waals surface area contributed by atoms with Gasteiger partial charge in [0, 0.05) is 12.1 Å². The zero-order valence-electron chi connectivity index (χ0n) is 10.6. The van der Waals surface area contributed by atoms with E-state index in [1.54, 1.807) is 19.9 Å². The summed E-state index contributed by atoms with van der Waals surface area (Å²) in [7, 11) is -3.67. The zero-order valence-corrected chi connectivity index (χ0v) is 11.4. The van der Waals surface area contributed by atoms with Crippen molar-refractivity contribution in [3.8, 4) is 0 Å². The lowest BCUT2D eigenvalue weighted by atomic mass is 10.1. The summed E-state index contributed by atoms with van der Waals surface area (Å²) in [5.41, 5.74) is 1.50. The van der Waals surface area contributed by atoms with E-state index in [4.69, 9.17) is 4.42 Å². The Hall–Kier alpha value is -1.66. The summed E-state index contributed by atoms with van der Waals surface area (Å²) in [6.45, 7) is 3.28. The van der Waals surface area contributed by atoms with Crippen LogP contribution in [-0.4, -0.2) is 8.42 Å². The molecule has 0 saturated heterocycles. The number of hydrogen-bond acceptors (Lipinski definition) is 3. The topological polar surface area (TPSA) is 59.3 Å². The number of sulfonamides is 1. The molecule has 2 aromatic rings. The van der Waals surface area contributed by atoms with Gasteiger partial charge in [0.2, 0.25) is 10.0 Å². The van der Waals surface area contributed by atoms with Gasteiger partial charge >= 0.3 is 0 Å². The molecule has 0 unspecified atom stereocenters. The van der Waals surface area contributed by atoms with Gasteiger partial charge in [-0.05, 0) is 43.2 Å². The summed E-state index contributed by atoms with van der Waals surface area (Å²) in [5, 5.41) is 0. The standard InChI is InChI=1S/C13H14FNO3S/c1-9-5-12(14)6-10(2)13(9)19(16,17)15-7-11-3-4-18-8-11/h3-6,8,15H,7H2,1-2H3. The molecular weight excluding hydrogens is 269 g/mol. The van der Waals surface area contributed by atoms with Crippen molar-refractivity contribution in [3.05, 3.63) is 53.2 Å². The number of nitrogens with one attached hydrogen (secondary N) is 1. The van der Waals surface area contributed by atoms with Crippen molar-refractivity contribution in [2.24, 2.45) is 0 Å². The minimum Gasteiger partial charge on any atom is -0.472 e. The van der Waals surface area contributed by atoms with Crippen LogP contribution in [0.2, 0.25) is 0 Å². The molecule has 0 radical (unpaired) electrons. The highest BCUT2D eigenvalue weighted by atomic mass is 32.2. The molecule has 0 aliphatic heterocycles. The van der Waals surface area contributed by atoms with E-state index < -0.39 is 15.8 Å². The fourth-order valence-corrected chi connectivity index (χ4v) is 3.43. The van der Waals surface area contributed by atoms with Crippen molar-refractivity contribution in [1.29, 1.82) is 0 Å². The van der Waals surface area contributed by atoms with E-state index in [-0.39, 0.29) is 11.4 Å². The van der Waals surface area contributed by atoms with Gasteiger partial charge in [0.15, 0.2) is 0 Å². The molecule has 6 heteroatoms. The van der Waals surface area contributed by atoms with Crippen molar-refractivity contribution >= 4 is 10.0 Å². The first-order chi connectivity index (χ1) is 8.90. The fourth-order valence-electron chi connectivity index (χ4n) is 1.97. The second-order valence-corrected chi connectivity index (χ2v) is 6.03. The molecular formula is C13H14FNO3S. The first-order valence-electron chi connectivity index (χ1n) is 5.67. The average Bonchev–Trinajstić information content (AvgIpc) is 2.77. The van der Waals surface area contributed by atoms with E-state index in [1.165, 1.54) is 24.7 Å². The predicted molar refractivity (Wildman–Crippen MR) is 68.6 cm³/mol. The highest BCUT2D eigenvalue weighted by Crippen LogP contribution is 2.21. The van der Waals surface area contributed by atoms with E-state index in [2.05, 4.69) is 4.72 Å². The maximum atomic E-state index is 13.2. The molecule has 0 amide bonds. The van der Waals surface area contributed by atoms with Crippen LogP contribution in [-0.2, 0) is 16.6 Å². The lowest BCUT2D eigenvalue weighted by molar-refractivity contribution is 0.561. The summed E-state index contributed by atoms with van der Waals surface area (Å²) < 4.78 is 44.9. The third-order valence-corrected chi connectivity index (χ3v) is 4.45. The molecule has 0 saturated carbocycles. The third-order valence-electron chi connectivity index (χ3n) is 2.74. The predicted octanol–water partition coefficient (Wildman–Crippen LogP) is 2.51. The molecule has 1 aromatic carbocycles. The highest BCUT2D eigenvalue weighted by Gasteiger charge is 2.20. The fraction of sp³-hybridized carbons (Fsp3) is 0.231.